The van der Waals surface area contributed by atoms with Crippen molar-refractivity contribution in [1.82, 2.24) is 13.5 Å². The zero-order chi connectivity index (χ0) is 23.4. The van der Waals surface area contributed by atoms with Crippen molar-refractivity contribution in [2.75, 3.05) is 31.2 Å². The number of pyridine rings is 2. The maximum Gasteiger partial charge on any atom is 0.251 e. The summed E-state index contributed by atoms with van der Waals surface area (Å²) in [6, 6.07) is 11.2. The molecule has 9 heteroatoms. The average molecular weight is 513 g/mol. The van der Waals surface area contributed by atoms with Crippen molar-refractivity contribution in [2.45, 2.75) is 6.54 Å². The topological polar surface area (TPSA) is 52.3 Å². The maximum absolute atomic E-state index is 12.9. The van der Waals surface area contributed by atoms with Crippen LogP contribution in [0.2, 0.25) is 10.0 Å². The van der Waals surface area contributed by atoms with E-state index in [2.05, 4.69) is 28.8 Å². The summed E-state index contributed by atoms with van der Waals surface area (Å²) in [6.45, 7) is 4.07. The number of hydrogen-bond acceptors (Lipinski definition) is 5. The van der Waals surface area contributed by atoms with Crippen LogP contribution in [0.5, 0.6) is 0 Å². The molecule has 5 heterocycles. The second-order valence-electron chi connectivity index (χ2n) is 9.04. The first kappa shape index (κ1) is 22.0. The Hall–Kier alpha value is -2.45. The van der Waals surface area contributed by atoms with E-state index >= 15 is 0 Å². The van der Waals surface area contributed by atoms with E-state index in [1.807, 2.05) is 24.5 Å². The molecule has 0 N–H and O–H groups in total. The molecular weight excluding hydrogens is 491 g/mol. The Labute approximate surface area is 212 Å². The van der Waals surface area contributed by atoms with Crippen molar-refractivity contribution >= 4 is 52.7 Å². The number of benzene rings is 1. The summed E-state index contributed by atoms with van der Waals surface area (Å²) in [6.07, 6.45) is 5.63. The fraction of sp³-hybridized carbons (Fsp3) is 0.280. The number of halogens is 2. The van der Waals surface area contributed by atoms with Gasteiger partial charge in [0.2, 0.25) is 0 Å². The number of anilines is 1. The number of nitrogens with zero attached hydrogens (tertiary/aromatic N) is 4. The molecule has 4 aromatic rings. The highest BCUT2D eigenvalue weighted by Gasteiger charge is 2.37. The predicted octanol–water partition coefficient (Wildman–Crippen LogP) is 5.00. The number of aromatic nitrogens is 3. The van der Waals surface area contributed by atoms with Crippen molar-refractivity contribution < 1.29 is 4.74 Å². The smallest absolute Gasteiger partial charge is 0.251 e. The van der Waals surface area contributed by atoms with Crippen LogP contribution in [-0.2, 0) is 11.3 Å². The quantitative estimate of drug-likeness (QED) is 0.391. The second-order valence-corrected chi connectivity index (χ2v) is 10.3. The van der Waals surface area contributed by atoms with Gasteiger partial charge in [-0.3, -0.25) is 8.77 Å². The highest BCUT2D eigenvalue weighted by molar-refractivity contribution is 7.78. The summed E-state index contributed by atoms with van der Waals surface area (Å²) >= 11 is 16.7. The Bertz CT molecular complexity index is 1460. The van der Waals surface area contributed by atoms with Crippen molar-refractivity contribution in [3.8, 4) is 11.1 Å². The zero-order valence-corrected chi connectivity index (χ0v) is 20.6. The lowest BCUT2D eigenvalue weighted by Crippen LogP contribution is -2.22. The lowest BCUT2D eigenvalue weighted by Gasteiger charge is -2.19. The van der Waals surface area contributed by atoms with Crippen LogP contribution in [0.1, 0.15) is 5.56 Å². The lowest BCUT2D eigenvalue weighted by molar-refractivity contribution is 0.177. The molecule has 0 unspecified atom stereocenters. The van der Waals surface area contributed by atoms with Gasteiger partial charge in [0.05, 0.1) is 41.7 Å². The first-order valence-corrected chi connectivity index (χ1v) is 12.3. The van der Waals surface area contributed by atoms with E-state index in [0.29, 0.717) is 28.4 Å². The molecule has 34 heavy (non-hydrogen) atoms. The highest BCUT2D eigenvalue weighted by atomic mass is 35.5. The Morgan fingerprint density at radius 2 is 1.85 bits per heavy atom. The van der Waals surface area contributed by atoms with Gasteiger partial charge in [0, 0.05) is 54.3 Å². The second kappa shape index (κ2) is 8.64. The lowest BCUT2D eigenvalue weighted by atomic mass is 10.0. The molecule has 2 atom stereocenters. The van der Waals surface area contributed by atoms with Crippen molar-refractivity contribution in [2.24, 2.45) is 11.8 Å². The van der Waals surface area contributed by atoms with Crippen molar-refractivity contribution in [1.29, 1.82) is 0 Å². The van der Waals surface area contributed by atoms with Gasteiger partial charge in [0.1, 0.15) is 0 Å². The van der Waals surface area contributed by atoms with E-state index in [4.69, 9.17) is 27.9 Å². The summed E-state index contributed by atoms with van der Waals surface area (Å²) in [7, 11) is 0. The molecule has 6 nitrogen and oxygen atoms in total. The molecule has 3 aromatic heterocycles. The van der Waals surface area contributed by atoms with Gasteiger partial charge in [0.25, 0.3) is 5.56 Å². The Kier molecular flexibility index (Phi) is 5.60. The van der Waals surface area contributed by atoms with Gasteiger partial charge >= 0.3 is 0 Å². The van der Waals surface area contributed by atoms with Crippen molar-refractivity contribution in [3.05, 3.63) is 81.0 Å². The van der Waals surface area contributed by atoms with Crippen LogP contribution < -0.4 is 10.5 Å². The predicted molar refractivity (Wildman–Crippen MR) is 139 cm³/mol. The molecule has 2 saturated heterocycles. The van der Waals surface area contributed by atoms with Crippen LogP contribution in [0.25, 0.3) is 22.2 Å². The number of fused-ring (bicyclic) bond motifs is 2. The number of ether oxygens (including phenoxy) is 1. The average Bonchev–Trinajstić information content (AvgIpc) is 3.51. The van der Waals surface area contributed by atoms with Crippen LogP contribution in [0.4, 0.5) is 5.69 Å². The molecule has 0 radical (unpaired) electrons. The third-order valence-corrected chi connectivity index (χ3v) is 7.90. The van der Waals surface area contributed by atoms with Crippen LogP contribution in [0.3, 0.4) is 0 Å². The molecule has 0 aliphatic carbocycles. The van der Waals surface area contributed by atoms with Gasteiger partial charge in [-0.05, 0) is 35.4 Å². The van der Waals surface area contributed by atoms with Gasteiger partial charge in [-0.15, -0.1) is 0 Å². The summed E-state index contributed by atoms with van der Waals surface area (Å²) in [4.78, 5) is 20.0. The van der Waals surface area contributed by atoms with E-state index in [1.165, 1.54) is 0 Å². The summed E-state index contributed by atoms with van der Waals surface area (Å²) < 4.78 is 8.98. The minimum absolute atomic E-state index is 0.0971. The molecule has 1 aromatic carbocycles. The van der Waals surface area contributed by atoms with Crippen LogP contribution in [-0.4, -0.2) is 39.8 Å². The minimum atomic E-state index is -0.0971. The maximum atomic E-state index is 12.9. The van der Waals surface area contributed by atoms with Crippen LogP contribution in [0.15, 0.2) is 59.8 Å². The van der Waals surface area contributed by atoms with Crippen LogP contribution in [0, 0.1) is 11.8 Å². The van der Waals surface area contributed by atoms with Gasteiger partial charge in [-0.2, -0.15) is 0 Å². The van der Waals surface area contributed by atoms with E-state index in [-0.39, 0.29) is 5.56 Å². The molecule has 2 fully saturated rings. The van der Waals surface area contributed by atoms with E-state index in [0.717, 1.165) is 59.7 Å². The fourth-order valence-corrected chi connectivity index (χ4v) is 5.62. The molecule has 0 amide bonds. The zero-order valence-electron chi connectivity index (χ0n) is 18.2. The first-order chi connectivity index (χ1) is 16.5. The molecule has 2 aliphatic heterocycles. The standard InChI is InChI=1S/C25H22Cl2N4O2S/c26-22-2-1-15(5-23(22)27)9-29-4-3-16(6-24(29)32)21-12-31(34)25-20(21)7-19(8-28-25)30-10-17-13-33-14-18(17)11-30/h1-8,12,17-18,34H,9-11,13-14H2/t17-,18+. The number of hydrogen-bond donors (Lipinski definition) is 1. The fourth-order valence-electron chi connectivity index (χ4n) is 5.02. The van der Waals surface area contributed by atoms with E-state index in [1.54, 1.807) is 32.9 Å². The monoisotopic (exact) mass is 512 g/mol. The van der Waals surface area contributed by atoms with Gasteiger partial charge < -0.3 is 14.2 Å². The SMILES string of the molecule is O=c1cc(-c2cn(S)c3ncc(N4C[C@H]5COC[C@H]5C4)cc23)ccn1Cc1ccc(Cl)c(Cl)c1. The molecule has 2 aliphatic rings. The molecular formula is C25H22Cl2N4O2S. The van der Waals surface area contributed by atoms with Gasteiger partial charge in [-0.1, -0.05) is 42.1 Å². The van der Waals surface area contributed by atoms with E-state index < -0.39 is 0 Å². The number of rotatable bonds is 4. The molecule has 0 spiro atoms. The summed E-state index contributed by atoms with van der Waals surface area (Å²) in [5, 5.41) is 1.94. The van der Waals surface area contributed by atoms with E-state index in [9.17, 15) is 4.79 Å². The Balaban J connectivity index is 1.32. The third-order valence-electron chi connectivity index (χ3n) is 6.86. The largest absolute Gasteiger partial charge is 0.381 e. The third kappa shape index (κ3) is 3.90. The van der Waals surface area contributed by atoms with Gasteiger partial charge in [0.15, 0.2) is 5.65 Å². The minimum Gasteiger partial charge on any atom is -0.381 e. The number of thiol groups is 1. The first-order valence-electron chi connectivity index (χ1n) is 11.1. The Morgan fingerprint density at radius 3 is 2.59 bits per heavy atom. The Morgan fingerprint density at radius 1 is 1.06 bits per heavy atom. The molecule has 174 valence electrons. The normalized spacial score (nSPS) is 19.8. The summed E-state index contributed by atoms with van der Waals surface area (Å²) in [5.41, 5.74) is 4.44. The van der Waals surface area contributed by atoms with Crippen molar-refractivity contribution in [3.63, 3.8) is 0 Å². The molecule has 0 bridgehead atoms. The molecule has 0 saturated carbocycles. The van der Waals surface area contributed by atoms with Gasteiger partial charge in [-0.25, -0.2) is 4.98 Å². The molecule has 6 rings (SSSR count). The van der Waals surface area contributed by atoms with Crippen LogP contribution >= 0.6 is 36.0 Å². The summed E-state index contributed by atoms with van der Waals surface area (Å²) in [5.74, 6) is 1.18. The highest BCUT2D eigenvalue weighted by Crippen LogP contribution is 2.36.